The third-order valence-corrected chi connectivity index (χ3v) is 5.01. The first kappa shape index (κ1) is 13.8. The molecule has 2 nitrogen and oxygen atoms in total. The normalized spacial score (nSPS) is 18.6. The summed E-state index contributed by atoms with van der Waals surface area (Å²) in [4.78, 5) is 0. The highest BCUT2D eigenvalue weighted by atomic mass is 32.2. The van der Waals surface area contributed by atoms with E-state index in [4.69, 9.17) is 10.5 Å². The fourth-order valence-corrected chi connectivity index (χ4v) is 4.03. The zero-order chi connectivity index (χ0) is 13.0. The van der Waals surface area contributed by atoms with Crippen molar-refractivity contribution in [3.63, 3.8) is 0 Å². The quantitative estimate of drug-likeness (QED) is 0.908. The lowest BCUT2D eigenvalue weighted by atomic mass is 9.80. The van der Waals surface area contributed by atoms with E-state index in [2.05, 4.69) is 36.9 Å². The summed E-state index contributed by atoms with van der Waals surface area (Å²) in [5.41, 5.74) is 8.76. The first-order valence-corrected chi connectivity index (χ1v) is 7.84. The van der Waals surface area contributed by atoms with Crippen molar-refractivity contribution >= 4 is 11.8 Å². The molecule has 0 aliphatic carbocycles. The van der Waals surface area contributed by atoms with E-state index in [0.29, 0.717) is 5.92 Å². The van der Waals surface area contributed by atoms with E-state index in [1.54, 1.807) is 7.11 Å². The van der Waals surface area contributed by atoms with Gasteiger partial charge in [-0.3, -0.25) is 0 Å². The molecule has 1 fully saturated rings. The standard InChI is InChI=1S/C15H23NOS/c1-11-9-13(17-2)3-4-14(11)15(10-16)12-5-7-18-8-6-12/h3-4,9,12,15H,5-8,10,16H2,1-2H3. The average molecular weight is 265 g/mol. The van der Waals surface area contributed by atoms with Crippen LogP contribution in [0.2, 0.25) is 0 Å². The zero-order valence-corrected chi connectivity index (χ0v) is 12.1. The van der Waals surface area contributed by atoms with E-state index >= 15 is 0 Å². The third-order valence-electron chi connectivity index (χ3n) is 3.97. The maximum absolute atomic E-state index is 6.04. The summed E-state index contributed by atoms with van der Waals surface area (Å²) in [6.45, 7) is 2.92. The number of hydrogen-bond donors (Lipinski definition) is 1. The lowest BCUT2D eigenvalue weighted by Crippen LogP contribution is -2.25. The second-order valence-electron chi connectivity index (χ2n) is 5.01. The van der Waals surface area contributed by atoms with Crippen molar-refractivity contribution in [2.24, 2.45) is 11.7 Å². The Morgan fingerprint density at radius 2 is 2.11 bits per heavy atom. The number of thioether (sulfide) groups is 1. The minimum atomic E-state index is 0.511. The van der Waals surface area contributed by atoms with Crippen LogP contribution in [0.15, 0.2) is 18.2 Å². The molecule has 1 aromatic carbocycles. The average Bonchev–Trinajstić information content (AvgIpc) is 2.42. The van der Waals surface area contributed by atoms with Crippen LogP contribution in [-0.4, -0.2) is 25.2 Å². The van der Waals surface area contributed by atoms with Crippen molar-refractivity contribution < 1.29 is 4.74 Å². The Kier molecular flexibility index (Phi) is 4.95. The van der Waals surface area contributed by atoms with E-state index < -0.39 is 0 Å². The van der Waals surface area contributed by atoms with Crippen LogP contribution in [0.3, 0.4) is 0 Å². The number of aryl methyl sites for hydroxylation is 1. The highest BCUT2D eigenvalue weighted by Crippen LogP contribution is 2.36. The Hall–Kier alpha value is -0.670. The predicted molar refractivity (Wildman–Crippen MR) is 79.6 cm³/mol. The molecule has 1 heterocycles. The van der Waals surface area contributed by atoms with Crippen LogP contribution in [-0.2, 0) is 0 Å². The minimum Gasteiger partial charge on any atom is -0.497 e. The van der Waals surface area contributed by atoms with Crippen LogP contribution < -0.4 is 10.5 Å². The highest BCUT2D eigenvalue weighted by molar-refractivity contribution is 7.99. The van der Waals surface area contributed by atoms with Crippen molar-refractivity contribution in [2.75, 3.05) is 25.2 Å². The van der Waals surface area contributed by atoms with Crippen LogP contribution in [0.4, 0.5) is 0 Å². The van der Waals surface area contributed by atoms with Crippen molar-refractivity contribution in [3.8, 4) is 5.75 Å². The summed E-state index contributed by atoms with van der Waals surface area (Å²) in [6, 6.07) is 6.38. The maximum Gasteiger partial charge on any atom is 0.119 e. The summed E-state index contributed by atoms with van der Waals surface area (Å²) in [6.07, 6.45) is 2.61. The van der Waals surface area contributed by atoms with Gasteiger partial charge in [0.1, 0.15) is 5.75 Å². The number of hydrogen-bond acceptors (Lipinski definition) is 3. The summed E-state index contributed by atoms with van der Waals surface area (Å²) in [5, 5.41) is 0. The molecule has 0 aromatic heterocycles. The van der Waals surface area contributed by atoms with Gasteiger partial charge in [0.2, 0.25) is 0 Å². The van der Waals surface area contributed by atoms with Gasteiger partial charge in [0.15, 0.2) is 0 Å². The van der Waals surface area contributed by atoms with E-state index in [1.165, 1.54) is 35.5 Å². The molecule has 100 valence electrons. The van der Waals surface area contributed by atoms with Gasteiger partial charge in [0.05, 0.1) is 7.11 Å². The summed E-state index contributed by atoms with van der Waals surface area (Å²) in [5.74, 6) is 4.78. The molecule has 18 heavy (non-hydrogen) atoms. The minimum absolute atomic E-state index is 0.511. The van der Waals surface area contributed by atoms with E-state index in [9.17, 15) is 0 Å². The molecule has 0 spiro atoms. The largest absolute Gasteiger partial charge is 0.497 e. The van der Waals surface area contributed by atoms with Crippen LogP contribution in [0.5, 0.6) is 5.75 Å². The summed E-state index contributed by atoms with van der Waals surface area (Å²) >= 11 is 2.07. The van der Waals surface area contributed by atoms with Gasteiger partial charge in [-0.25, -0.2) is 0 Å². The molecule has 1 aliphatic rings. The highest BCUT2D eigenvalue weighted by Gasteiger charge is 2.25. The summed E-state index contributed by atoms with van der Waals surface area (Å²) < 4.78 is 5.27. The Bertz CT molecular complexity index is 388. The van der Waals surface area contributed by atoms with Crippen molar-refractivity contribution in [1.82, 2.24) is 0 Å². The van der Waals surface area contributed by atoms with Gasteiger partial charge in [0.25, 0.3) is 0 Å². The molecule has 1 aromatic rings. The molecule has 1 aliphatic heterocycles. The Labute approximate surface area is 114 Å². The number of methoxy groups -OCH3 is 1. The second-order valence-corrected chi connectivity index (χ2v) is 6.24. The van der Waals surface area contributed by atoms with Crippen LogP contribution in [0, 0.1) is 12.8 Å². The van der Waals surface area contributed by atoms with Gasteiger partial charge in [-0.15, -0.1) is 0 Å². The zero-order valence-electron chi connectivity index (χ0n) is 11.3. The molecule has 0 saturated carbocycles. The van der Waals surface area contributed by atoms with Crippen molar-refractivity contribution in [2.45, 2.75) is 25.7 Å². The van der Waals surface area contributed by atoms with Crippen LogP contribution >= 0.6 is 11.8 Å². The molecular formula is C15H23NOS. The third kappa shape index (κ3) is 3.01. The van der Waals surface area contributed by atoms with Gasteiger partial charge in [-0.05, 0) is 72.9 Å². The van der Waals surface area contributed by atoms with E-state index in [-0.39, 0.29) is 0 Å². The molecule has 0 radical (unpaired) electrons. The Morgan fingerprint density at radius 1 is 1.39 bits per heavy atom. The smallest absolute Gasteiger partial charge is 0.119 e. The second kappa shape index (κ2) is 6.48. The van der Waals surface area contributed by atoms with Gasteiger partial charge < -0.3 is 10.5 Å². The predicted octanol–water partition coefficient (Wildman–Crippen LogP) is 3.19. The SMILES string of the molecule is COc1ccc(C(CN)C2CCSCC2)c(C)c1. The molecule has 3 heteroatoms. The summed E-state index contributed by atoms with van der Waals surface area (Å²) in [7, 11) is 1.72. The number of rotatable bonds is 4. The molecular weight excluding hydrogens is 242 g/mol. The molecule has 2 rings (SSSR count). The molecule has 1 unspecified atom stereocenters. The fraction of sp³-hybridized carbons (Fsp3) is 0.600. The van der Waals surface area contributed by atoms with E-state index in [1.807, 2.05) is 0 Å². The lowest BCUT2D eigenvalue weighted by Gasteiger charge is -2.30. The van der Waals surface area contributed by atoms with Crippen LogP contribution in [0.1, 0.15) is 29.9 Å². The Morgan fingerprint density at radius 3 is 2.67 bits per heavy atom. The molecule has 0 amide bonds. The van der Waals surface area contributed by atoms with Gasteiger partial charge in [-0.1, -0.05) is 6.07 Å². The number of benzene rings is 1. The van der Waals surface area contributed by atoms with E-state index in [0.717, 1.165) is 18.2 Å². The first-order valence-electron chi connectivity index (χ1n) is 6.68. The lowest BCUT2D eigenvalue weighted by molar-refractivity contribution is 0.396. The number of nitrogens with two attached hydrogens (primary N) is 1. The monoisotopic (exact) mass is 265 g/mol. The van der Waals surface area contributed by atoms with Gasteiger partial charge >= 0.3 is 0 Å². The maximum atomic E-state index is 6.04. The van der Waals surface area contributed by atoms with Gasteiger partial charge in [0, 0.05) is 0 Å². The molecule has 1 saturated heterocycles. The van der Waals surface area contributed by atoms with Gasteiger partial charge in [-0.2, -0.15) is 11.8 Å². The Balaban J connectivity index is 2.20. The topological polar surface area (TPSA) is 35.2 Å². The molecule has 2 N–H and O–H groups in total. The number of ether oxygens (including phenoxy) is 1. The first-order chi connectivity index (χ1) is 8.76. The fourth-order valence-electron chi connectivity index (χ4n) is 2.88. The molecule has 0 bridgehead atoms. The van der Waals surface area contributed by atoms with Crippen molar-refractivity contribution in [3.05, 3.63) is 29.3 Å². The van der Waals surface area contributed by atoms with Crippen molar-refractivity contribution in [1.29, 1.82) is 0 Å². The van der Waals surface area contributed by atoms with Crippen LogP contribution in [0.25, 0.3) is 0 Å². The molecule has 1 atom stereocenters.